The van der Waals surface area contributed by atoms with Crippen molar-refractivity contribution in [2.75, 3.05) is 11.9 Å². The Kier molecular flexibility index (Phi) is 8.37. The molecule has 0 radical (unpaired) electrons. The van der Waals surface area contributed by atoms with E-state index in [0.29, 0.717) is 30.3 Å². The summed E-state index contributed by atoms with van der Waals surface area (Å²) in [5.74, 6) is 1.31. The molecular formula is C25H25BrINO3. The smallest absolute Gasteiger partial charge is 0.255 e. The summed E-state index contributed by atoms with van der Waals surface area (Å²) in [4.78, 5) is 13.1. The molecule has 0 saturated carbocycles. The average molecular weight is 594 g/mol. The van der Waals surface area contributed by atoms with Gasteiger partial charge in [-0.15, -0.1) is 0 Å². The summed E-state index contributed by atoms with van der Waals surface area (Å²) in [5, 5.41) is 3.05. The first-order chi connectivity index (χ1) is 14.9. The van der Waals surface area contributed by atoms with Crippen molar-refractivity contribution in [1.82, 2.24) is 0 Å². The first kappa shape index (κ1) is 23.6. The van der Waals surface area contributed by atoms with E-state index in [4.69, 9.17) is 9.47 Å². The minimum absolute atomic E-state index is 0.183. The Morgan fingerprint density at radius 2 is 1.81 bits per heavy atom. The van der Waals surface area contributed by atoms with E-state index in [2.05, 4.69) is 57.7 Å². The third-order valence-electron chi connectivity index (χ3n) is 4.68. The highest BCUT2D eigenvalue weighted by Gasteiger charge is 2.18. The molecule has 1 amide bonds. The second kappa shape index (κ2) is 11.0. The van der Waals surface area contributed by atoms with Crippen molar-refractivity contribution >= 4 is 50.1 Å². The molecule has 31 heavy (non-hydrogen) atoms. The van der Waals surface area contributed by atoms with Gasteiger partial charge in [0.05, 0.1) is 10.2 Å². The lowest BCUT2D eigenvalue weighted by molar-refractivity contribution is 0.102. The van der Waals surface area contributed by atoms with Gasteiger partial charge in [0.15, 0.2) is 11.5 Å². The van der Waals surface area contributed by atoms with E-state index in [1.807, 2.05) is 61.5 Å². The Balaban J connectivity index is 1.85. The van der Waals surface area contributed by atoms with Crippen LogP contribution >= 0.6 is 38.5 Å². The summed E-state index contributed by atoms with van der Waals surface area (Å²) in [6.07, 6.45) is 0. The van der Waals surface area contributed by atoms with Crippen molar-refractivity contribution in [3.05, 3.63) is 85.4 Å². The zero-order chi connectivity index (χ0) is 22.4. The van der Waals surface area contributed by atoms with Crippen molar-refractivity contribution in [2.45, 2.75) is 33.3 Å². The highest BCUT2D eigenvalue weighted by atomic mass is 127. The summed E-state index contributed by atoms with van der Waals surface area (Å²) in [6, 6.07) is 19.4. The number of carbonyl (C=O) groups is 1. The lowest BCUT2D eigenvalue weighted by Gasteiger charge is -2.17. The number of benzene rings is 3. The Morgan fingerprint density at radius 1 is 1.06 bits per heavy atom. The molecule has 0 aliphatic rings. The summed E-state index contributed by atoms with van der Waals surface area (Å²) in [5.41, 5.74) is 3.47. The van der Waals surface area contributed by atoms with Gasteiger partial charge in [-0.3, -0.25) is 4.79 Å². The van der Waals surface area contributed by atoms with Gasteiger partial charge in [-0.1, -0.05) is 60.1 Å². The van der Waals surface area contributed by atoms with Crippen LogP contribution in [0.3, 0.4) is 0 Å². The van der Waals surface area contributed by atoms with Gasteiger partial charge in [0.25, 0.3) is 5.91 Å². The first-order valence-electron chi connectivity index (χ1n) is 10.1. The molecule has 0 aliphatic carbocycles. The predicted octanol–water partition coefficient (Wildman–Crippen LogP) is 7.41. The van der Waals surface area contributed by atoms with Crippen LogP contribution in [0.2, 0.25) is 0 Å². The number of amides is 1. The van der Waals surface area contributed by atoms with Gasteiger partial charge >= 0.3 is 0 Å². The molecule has 3 rings (SSSR count). The van der Waals surface area contributed by atoms with Crippen molar-refractivity contribution in [1.29, 1.82) is 0 Å². The van der Waals surface area contributed by atoms with E-state index in [-0.39, 0.29) is 11.8 Å². The molecule has 0 saturated heterocycles. The molecule has 3 aromatic carbocycles. The van der Waals surface area contributed by atoms with Crippen LogP contribution in [0.4, 0.5) is 5.69 Å². The standard InChI is InChI=1S/C25H25BrINO3/c1-4-30-23-13-18(12-21(27)24(23)31-15-17-8-6-5-7-9-17)25(29)28-22-11-10-19(26)14-20(22)16(2)3/h5-14,16H,4,15H2,1-3H3,(H,28,29). The zero-order valence-electron chi connectivity index (χ0n) is 17.7. The number of rotatable bonds is 8. The molecule has 0 spiro atoms. The lowest BCUT2D eigenvalue weighted by atomic mass is 10.0. The van der Waals surface area contributed by atoms with E-state index in [0.717, 1.165) is 24.9 Å². The summed E-state index contributed by atoms with van der Waals surface area (Å²) in [6.45, 7) is 7.03. The fourth-order valence-corrected chi connectivity index (χ4v) is 4.29. The van der Waals surface area contributed by atoms with Gasteiger partial charge in [-0.05, 0) is 76.9 Å². The number of carbonyl (C=O) groups excluding carboxylic acids is 1. The number of anilines is 1. The van der Waals surface area contributed by atoms with E-state index >= 15 is 0 Å². The van der Waals surface area contributed by atoms with E-state index in [9.17, 15) is 4.79 Å². The zero-order valence-corrected chi connectivity index (χ0v) is 21.5. The minimum atomic E-state index is -0.183. The van der Waals surface area contributed by atoms with Crippen LogP contribution in [-0.4, -0.2) is 12.5 Å². The normalized spacial score (nSPS) is 10.8. The van der Waals surface area contributed by atoms with Gasteiger partial charge < -0.3 is 14.8 Å². The van der Waals surface area contributed by atoms with E-state index < -0.39 is 0 Å². The number of hydrogen-bond acceptors (Lipinski definition) is 3. The largest absolute Gasteiger partial charge is 0.490 e. The summed E-state index contributed by atoms with van der Waals surface area (Å²) in [7, 11) is 0. The number of halogens is 2. The molecule has 0 bridgehead atoms. The third kappa shape index (κ3) is 6.23. The van der Waals surface area contributed by atoms with Crippen LogP contribution in [0.25, 0.3) is 0 Å². The van der Waals surface area contributed by atoms with E-state index in [1.54, 1.807) is 6.07 Å². The summed E-state index contributed by atoms with van der Waals surface area (Å²) >= 11 is 5.70. The fourth-order valence-electron chi connectivity index (χ4n) is 3.15. The maximum absolute atomic E-state index is 13.1. The van der Waals surface area contributed by atoms with Crippen LogP contribution in [0.15, 0.2) is 65.1 Å². The minimum Gasteiger partial charge on any atom is -0.490 e. The highest BCUT2D eigenvalue weighted by molar-refractivity contribution is 14.1. The topological polar surface area (TPSA) is 47.6 Å². The van der Waals surface area contributed by atoms with Crippen LogP contribution in [0, 0.1) is 3.57 Å². The maximum Gasteiger partial charge on any atom is 0.255 e. The highest BCUT2D eigenvalue weighted by Crippen LogP contribution is 2.35. The molecule has 0 aromatic heterocycles. The van der Waals surface area contributed by atoms with Crippen LogP contribution < -0.4 is 14.8 Å². The Bertz CT molecular complexity index is 1050. The molecular weight excluding hydrogens is 569 g/mol. The average Bonchev–Trinajstić information content (AvgIpc) is 2.75. The molecule has 3 aromatic rings. The first-order valence-corrected chi connectivity index (χ1v) is 12.0. The maximum atomic E-state index is 13.1. The quantitative estimate of drug-likeness (QED) is 0.277. The van der Waals surface area contributed by atoms with Crippen molar-refractivity contribution in [3.8, 4) is 11.5 Å². The SMILES string of the molecule is CCOc1cc(C(=O)Nc2ccc(Br)cc2C(C)C)cc(I)c1OCc1ccccc1. The van der Waals surface area contributed by atoms with Gasteiger partial charge in [-0.2, -0.15) is 0 Å². The van der Waals surface area contributed by atoms with Crippen LogP contribution in [0.5, 0.6) is 11.5 Å². The molecule has 0 atom stereocenters. The second-order valence-corrected chi connectivity index (χ2v) is 9.41. The third-order valence-corrected chi connectivity index (χ3v) is 5.98. The fraction of sp³-hybridized carbons (Fsp3) is 0.240. The lowest BCUT2D eigenvalue weighted by Crippen LogP contribution is -2.14. The Morgan fingerprint density at radius 3 is 2.48 bits per heavy atom. The second-order valence-electron chi connectivity index (χ2n) is 7.33. The number of ether oxygens (including phenoxy) is 2. The molecule has 0 fully saturated rings. The van der Waals surface area contributed by atoms with Gasteiger partial charge in [-0.25, -0.2) is 0 Å². The Hall–Kier alpha value is -2.06. The molecule has 0 unspecified atom stereocenters. The number of hydrogen-bond donors (Lipinski definition) is 1. The van der Waals surface area contributed by atoms with Crippen molar-refractivity contribution in [2.24, 2.45) is 0 Å². The molecule has 0 aliphatic heterocycles. The van der Waals surface area contributed by atoms with Crippen LogP contribution in [0.1, 0.15) is 48.2 Å². The molecule has 6 heteroatoms. The monoisotopic (exact) mass is 593 g/mol. The summed E-state index contributed by atoms with van der Waals surface area (Å²) < 4.78 is 13.7. The molecule has 4 nitrogen and oxygen atoms in total. The van der Waals surface area contributed by atoms with E-state index in [1.165, 1.54) is 0 Å². The van der Waals surface area contributed by atoms with Gasteiger partial charge in [0.2, 0.25) is 0 Å². The number of nitrogens with one attached hydrogen (secondary N) is 1. The molecule has 1 N–H and O–H groups in total. The van der Waals surface area contributed by atoms with Gasteiger partial charge in [0.1, 0.15) is 6.61 Å². The Labute approximate surface area is 205 Å². The van der Waals surface area contributed by atoms with Gasteiger partial charge in [0, 0.05) is 15.7 Å². The van der Waals surface area contributed by atoms with Crippen molar-refractivity contribution in [3.63, 3.8) is 0 Å². The molecule has 0 heterocycles. The molecule has 162 valence electrons. The predicted molar refractivity (Wildman–Crippen MR) is 137 cm³/mol. The van der Waals surface area contributed by atoms with Crippen LogP contribution in [-0.2, 0) is 6.61 Å². The van der Waals surface area contributed by atoms with Crippen molar-refractivity contribution < 1.29 is 14.3 Å².